The van der Waals surface area contributed by atoms with Gasteiger partial charge in [-0.3, -0.25) is 0 Å². The van der Waals surface area contributed by atoms with Crippen molar-refractivity contribution in [3.05, 3.63) is 84.3 Å². The van der Waals surface area contributed by atoms with E-state index in [1.807, 2.05) is 6.08 Å². The summed E-state index contributed by atoms with van der Waals surface area (Å²) in [7, 11) is 0. The SMILES string of the molecule is C=CC1=C(N=C)N2c3ccccc3C(CC)C(C)C2N1c1ccccc1. The van der Waals surface area contributed by atoms with Crippen LogP contribution in [-0.4, -0.2) is 12.9 Å². The molecule has 0 saturated heterocycles. The van der Waals surface area contributed by atoms with E-state index in [9.17, 15) is 0 Å². The number of hydrogen-bond acceptors (Lipinski definition) is 3. The number of fused-ring (bicyclic) bond motifs is 3. The van der Waals surface area contributed by atoms with Gasteiger partial charge in [0.25, 0.3) is 0 Å². The lowest BCUT2D eigenvalue weighted by molar-refractivity contribution is 0.354. The fourth-order valence-corrected chi connectivity index (χ4v) is 4.67. The quantitative estimate of drug-likeness (QED) is 0.679. The second-order valence-corrected chi connectivity index (χ2v) is 6.99. The van der Waals surface area contributed by atoms with Gasteiger partial charge in [0.15, 0.2) is 5.82 Å². The van der Waals surface area contributed by atoms with Gasteiger partial charge in [-0.25, -0.2) is 4.99 Å². The molecule has 2 aliphatic rings. The van der Waals surface area contributed by atoms with Crippen LogP contribution in [0.4, 0.5) is 11.4 Å². The van der Waals surface area contributed by atoms with Crippen molar-refractivity contribution >= 4 is 18.1 Å². The maximum Gasteiger partial charge on any atom is 0.158 e. The number of para-hydroxylation sites is 2. The average Bonchev–Trinajstić information content (AvgIpc) is 3.04. The number of hydrogen-bond donors (Lipinski definition) is 0. The number of benzene rings is 2. The van der Waals surface area contributed by atoms with E-state index in [2.05, 4.69) is 96.5 Å². The molecule has 2 aliphatic heterocycles. The maximum atomic E-state index is 4.43. The molecular weight excluding hydrogens is 318 g/mol. The summed E-state index contributed by atoms with van der Waals surface area (Å²) in [6.45, 7) is 12.6. The molecule has 4 rings (SSSR count). The van der Waals surface area contributed by atoms with E-state index in [0.717, 1.165) is 23.6 Å². The Labute approximate surface area is 156 Å². The van der Waals surface area contributed by atoms with Gasteiger partial charge in [0, 0.05) is 17.3 Å². The highest BCUT2D eigenvalue weighted by Gasteiger charge is 2.48. The monoisotopic (exact) mass is 343 g/mol. The Balaban J connectivity index is 1.97. The zero-order valence-corrected chi connectivity index (χ0v) is 15.5. The molecule has 0 radical (unpaired) electrons. The van der Waals surface area contributed by atoms with E-state index < -0.39 is 0 Å². The molecule has 0 N–H and O–H groups in total. The summed E-state index contributed by atoms with van der Waals surface area (Å²) in [6.07, 6.45) is 3.20. The van der Waals surface area contributed by atoms with Gasteiger partial charge in [0.1, 0.15) is 6.17 Å². The van der Waals surface area contributed by atoms with Crippen LogP contribution in [0.5, 0.6) is 0 Å². The lowest BCUT2D eigenvalue weighted by atomic mass is 9.78. The summed E-state index contributed by atoms with van der Waals surface area (Å²) in [5.41, 5.74) is 4.83. The summed E-state index contributed by atoms with van der Waals surface area (Å²) in [5.74, 6) is 1.83. The second-order valence-electron chi connectivity index (χ2n) is 6.99. The van der Waals surface area contributed by atoms with Crippen LogP contribution in [-0.2, 0) is 0 Å². The minimum atomic E-state index is 0.172. The summed E-state index contributed by atoms with van der Waals surface area (Å²) >= 11 is 0. The standard InChI is InChI=1S/C23H25N3/c1-5-18-16(3)23-25(17-12-8-7-9-13-17)20(6-2)22(24-4)26(23)21-15-11-10-14-19(18)21/h6-16,18,23H,2,4-5H2,1,3H3. The van der Waals surface area contributed by atoms with Crippen molar-refractivity contribution in [2.75, 3.05) is 9.80 Å². The van der Waals surface area contributed by atoms with Crippen molar-refractivity contribution in [2.24, 2.45) is 10.9 Å². The van der Waals surface area contributed by atoms with Gasteiger partial charge in [-0.05, 0) is 48.9 Å². The molecule has 3 atom stereocenters. The minimum absolute atomic E-state index is 0.172. The van der Waals surface area contributed by atoms with E-state index in [0.29, 0.717) is 11.8 Å². The lowest BCUT2D eigenvalue weighted by Gasteiger charge is -2.46. The Hall–Kier alpha value is -2.81. The fraction of sp³-hybridized carbons (Fsp3) is 0.261. The van der Waals surface area contributed by atoms with Gasteiger partial charge in [0.05, 0.1) is 5.70 Å². The number of rotatable bonds is 4. The summed E-state index contributed by atoms with van der Waals surface area (Å²) in [5, 5.41) is 0. The zero-order valence-electron chi connectivity index (χ0n) is 15.5. The smallest absolute Gasteiger partial charge is 0.158 e. The van der Waals surface area contributed by atoms with Gasteiger partial charge in [-0.2, -0.15) is 0 Å². The maximum absolute atomic E-state index is 4.43. The first kappa shape index (κ1) is 16.6. The number of aliphatic imine (C=N–C) groups is 1. The first-order valence-corrected chi connectivity index (χ1v) is 9.28. The van der Waals surface area contributed by atoms with Crippen LogP contribution in [0.25, 0.3) is 0 Å². The summed E-state index contributed by atoms with van der Waals surface area (Å²) in [6, 6.07) is 19.2. The van der Waals surface area contributed by atoms with Gasteiger partial charge < -0.3 is 9.80 Å². The third kappa shape index (κ3) is 2.23. The van der Waals surface area contributed by atoms with Crippen molar-refractivity contribution in [1.29, 1.82) is 0 Å². The molecule has 2 aromatic carbocycles. The molecule has 0 saturated carbocycles. The fourth-order valence-electron chi connectivity index (χ4n) is 4.67. The van der Waals surface area contributed by atoms with Crippen molar-refractivity contribution in [3.63, 3.8) is 0 Å². The van der Waals surface area contributed by atoms with Crippen LogP contribution in [0.2, 0.25) is 0 Å². The molecule has 3 heteroatoms. The highest BCUT2D eigenvalue weighted by Crippen LogP contribution is 2.51. The summed E-state index contributed by atoms with van der Waals surface area (Å²) < 4.78 is 0. The zero-order chi connectivity index (χ0) is 18.3. The molecule has 0 spiro atoms. The Morgan fingerprint density at radius 1 is 1.04 bits per heavy atom. The Morgan fingerprint density at radius 2 is 1.73 bits per heavy atom. The van der Waals surface area contributed by atoms with Gasteiger partial charge >= 0.3 is 0 Å². The predicted octanol–water partition coefficient (Wildman–Crippen LogP) is 5.54. The van der Waals surface area contributed by atoms with Crippen LogP contribution in [0.3, 0.4) is 0 Å². The topological polar surface area (TPSA) is 18.8 Å². The van der Waals surface area contributed by atoms with Gasteiger partial charge in [0.2, 0.25) is 0 Å². The molecule has 3 nitrogen and oxygen atoms in total. The average molecular weight is 343 g/mol. The van der Waals surface area contributed by atoms with Crippen LogP contribution >= 0.6 is 0 Å². The van der Waals surface area contributed by atoms with Crippen LogP contribution in [0.15, 0.2) is 83.8 Å². The number of anilines is 2. The van der Waals surface area contributed by atoms with Gasteiger partial charge in [-0.15, -0.1) is 0 Å². The molecule has 132 valence electrons. The van der Waals surface area contributed by atoms with Crippen LogP contribution in [0.1, 0.15) is 31.7 Å². The van der Waals surface area contributed by atoms with E-state index in [4.69, 9.17) is 0 Å². The third-order valence-electron chi connectivity index (χ3n) is 5.76. The van der Waals surface area contributed by atoms with Crippen molar-refractivity contribution in [2.45, 2.75) is 32.4 Å². The first-order chi connectivity index (χ1) is 12.7. The van der Waals surface area contributed by atoms with E-state index in [1.54, 1.807) is 0 Å². The normalized spacial score (nSPS) is 24.3. The molecule has 2 aromatic rings. The third-order valence-corrected chi connectivity index (χ3v) is 5.76. The Bertz CT molecular complexity index is 868. The molecule has 26 heavy (non-hydrogen) atoms. The van der Waals surface area contributed by atoms with E-state index >= 15 is 0 Å². The number of nitrogens with zero attached hydrogens (tertiary/aromatic N) is 3. The van der Waals surface area contributed by atoms with Crippen molar-refractivity contribution in [3.8, 4) is 0 Å². The van der Waals surface area contributed by atoms with E-state index in [-0.39, 0.29) is 6.17 Å². The number of allylic oxidation sites excluding steroid dienone is 1. The Kier molecular flexibility index (Phi) is 4.15. The first-order valence-electron chi connectivity index (χ1n) is 9.28. The second kappa shape index (κ2) is 6.49. The summed E-state index contributed by atoms with van der Waals surface area (Å²) in [4.78, 5) is 9.15. The highest BCUT2D eigenvalue weighted by atomic mass is 15.5. The molecule has 0 bridgehead atoms. The van der Waals surface area contributed by atoms with Crippen LogP contribution < -0.4 is 9.80 Å². The van der Waals surface area contributed by atoms with Crippen molar-refractivity contribution < 1.29 is 0 Å². The molecule has 0 amide bonds. The van der Waals surface area contributed by atoms with Gasteiger partial charge in [-0.1, -0.05) is 56.8 Å². The molecular formula is C23H25N3. The molecule has 0 aliphatic carbocycles. The largest absolute Gasteiger partial charge is 0.317 e. The predicted molar refractivity (Wildman–Crippen MR) is 111 cm³/mol. The van der Waals surface area contributed by atoms with Crippen LogP contribution in [0, 0.1) is 5.92 Å². The highest BCUT2D eigenvalue weighted by molar-refractivity contribution is 5.73. The molecule has 0 aromatic heterocycles. The van der Waals surface area contributed by atoms with E-state index in [1.165, 1.54) is 11.3 Å². The lowest BCUT2D eigenvalue weighted by Crippen LogP contribution is -2.50. The van der Waals surface area contributed by atoms with Crippen molar-refractivity contribution in [1.82, 2.24) is 0 Å². The molecule has 2 heterocycles. The molecule has 3 unspecified atom stereocenters. The molecule has 0 fully saturated rings. The minimum Gasteiger partial charge on any atom is -0.317 e. The Morgan fingerprint density at radius 3 is 2.38 bits per heavy atom.